The van der Waals surface area contributed by atoms with Gasteiger partial charge in [0, 0.05) is 12.6 Å². The second-order valence-electron chi connectivity index (χ2n) is 5.78. The summed E-state index contributed by atoms with van der Waals surface area (Å²) >= 11 is 0. The summed E-state index contributed by atoms with van der Waals surface area (Å²) in [6.07, 6.45) is 0.847. The third-order valence-electron chi connectivity index (χ3n) is 3.75. The van der Waals surface area contributed by atoms with Crippen LogP contribution in [0.1, 0.15) is 20.3 Å². The maximum atomic E-state index is 12.3. The quantitative estimate of drug-likeness (QED) is 0.714. The third-order valence-corrected chi connectivity index (χ3v) is 3.75. The lowest BCUT2D eigenvalue weighted by Crippen LogP contribution is -2.52. The van der Waals surface area contributed by atoms with Gasteiger partial charge in [0.05, 0.1) is 19.3 Å². The van der Waals surface area contributed by atoms with Crippen LogP contribution in [-0.4, -0.2) is 79.4 Å². The fourth-order valence-corrected chi connectivity index (χ4v) is 2.43. The van der Waals surface area contributed by atoms with Gasteiger partial charge in [0.1, 0.15) is 5.92 Å². The average molecular weight is 301 g/mol. The molecule has 0 saturated carbocycles. The monoisotopic (exact) mass is 301 g/mol. The van der Waals surface area contributed by atoms with E-state index >= 15 is 0 Å². The predicted molar refractivity (Wildman–Crippen MR) is 79.3 cm³/mol. The van der Waals surface area contributed by atoms with Gasteiger partial charge in [0.25, 0.3) is 0 Å². The van der Waals surface area contributed by atoms with Gasteiger partial charge >= 0.3 is 12.0 Å². The summed E-state index contributed by atoms with van der Waals surface area (Å²) in [5, 5.41) is 12.1. The first kappa shape index (κ1) is 17.7. The zero-order valence-electron chi connectivity index (χ0n) is 13.3. The highest BCUT2D eigenvalue weighted by atomic mass is 16.5. The van der Waals surface area contributed by atoms with Crippen LogP contribution in [0.3, 0.4) is 0 Å². The highest BCUT2D eigenvalue weighted by molar-refractivity contribution is 5.77. The van der Waals surface area contributed by atoms with Gasteiger partial charge in [-0.15, -0.1) is 0 Å². The number of rotatable bonds is 7. The van der Waals surface area contributed by atoms with Crippen LogP contribution in [0.4, 0.5) is 4.79 Å². The first-order valence-corrected chi connectivity index (χ1v) is 7.39. The molecule has 1 aliphatic heterocycles. The molecule has 7 heteroatoms. The number of carbonyl (C=O) groups is 2. The topological polar surface area (TPSA) is 82.1 Å². The van der Waals surface area contributed by atoms with Gasteiger partial charge in [0.2, 0.25) is 0 Å². The Kier molecular flexibility index (Phi) is 6.91. The van der Waals surface area contributed by atoms with Gasteiger partial charge in [0.15, 0.2) is 0 Å². The molecule has 0 aromatic heterocycles. The predicted octanol–water partition coefficient (Wildman–Crippen LogP) is 0.458. The molecule has 21 heavy (non-hydrogen) atoms. The minimum absolute atomic E-state index is 0.0412. The molecule has 0 radical (unpaired) electrons. The lowest BCUT2D eigenvalue weighted by Gasteiger charge is -2.30. The van der Waals surface area contributed by atoms with Gasteiger partial charge in [-0.1, -0.05) is 0 Å². The largest absolute Gasteiger partial charge is 0.481 e. The molecular formula is C14H27N3O4. The smallest absolute Gasteiger partial charge is 0.317 e. The van der Waals surface area contributed by atoms with Gasteiger partial charge in [-0.25, -0.2) is 4.79 Å². The molecule has 0 aliphatic carbocycles. The minimum atomic E-state index is -0.913. The molecule has 0 aromatic rings. The summed E-state index contributed by atoms with van der Waals surface area (Å²) in [5.74, 6) is -1.56. The van der Waals surface area contributed by atoms with E-state index in [-0.39, 0.29) is 25.3 Å². The molecular weight excluding hydrogens is 274 g/mol. The van der Waals surface area contributed by atoms with Crippen molar-refractivity contribution in [3.63, 3.8) is 0 Å². The highest BCUT2D eigenvalue weighted by Crippen LogP contribution is 2.20. The van der Waals surface area contributed by atoms with E-state index in [0.29, 0.717) is 6.54 Å². The Balaban J connectivity index is 2.58. The van der Waals surface area contributed by atoms with Crippen molar-refractivity contribution in [1.29, 1.82) is 0 Å². The number of nitrogens with one attached hydrogen (secondary N) is 1. The number of carbonyl (C=O) groups excluding carboxylic acids is 1. The van der Waals surface area contributed by atoms with Crippen molar-refractivity contribution in [2.75, 3.05) is 40.4 Å². The first-order chi connectivity index (χ1) is 9.86. The van der Waals surface area contributed by atoms with Crippen molar-refractivity contribution in [2.45, 2.75) is 32.4 Å². The van der Waals surface area contributed by atoms with Gasteiger partial charge in [-0.3, -0.25) is 4.79 Å². The first-order valence-electron chi connectivity index (χ1n) is 7.39. The number of hydrogen-bond acceptors (Lipinski definition) is 4. The Hall–Kier alpha value is -1.34. The van der Waals surface area contributed by atoms with Gasteiger partial charge < -0.3 is 25.0 Å². The summed E-state index contributed by atoms with van der Waals surface area (Å²) in [7, 11) is 3.97. The number of aliphatic carboxylic acids is 1. The molecule has 122 valence electrons. The lowest BCUT2D eigenvalue weighted by molar-refractivity contribution is -0.142. The molecule has 1 fully saturated rings. The van der Waals surface area contributed by atoms with Crippen LogP contribution >= 0.6 is 0 Å². The van der Waals surface area contributed by atoms with Crippen LogP contribution in [0.15, 0.2) is 0 Å². The van der Waals surface area contributed by atoms with E-state index in [1.165, 1.54) is 0 Å². The standard InChI is InChI=1S/C14H27N3O4/c1-5-17(12-9-21-8-11(12)13(18)19)14(20)15-10(2)6-7-16(3)4/h10-12H,5-9H2,1-4H3,(H,15,20)(H,18,19). The summed E-state index contributed by atoms with van der Waals surface area (Å²) in [6, 6.07) is -0.571. The fourth-order valence-electron chi connectivity index (χ4n) is 2.43. The average Bonchev–Trinajstić information content (AvgIpc) is 2.86. The number of carboxylic acids is 1. The Morgan fingerprint density at radius 3 is 2.57 bits per heavy atom. The van der Waals surface area contributed by atoms with E-state index in [0.717, 1.165) is 13.0 Å². The van der Waals surface area contributed by atoms with E-state index in [9.17, 15) is 14.7 Å². The number of carboxylic acid groups (broad SMARTS) is 1. The van der Waals surface area contributed by atoms with Crippen LogP contribution in [-0.2, 0) is 9.53 Å². The van der Waals surface area contributed by atoms with Crippen LogP contribution in [0.25, 0.3) is 0 Å². The zero-order chi connectivity index (χ0) is 16.0. The summed E-state index contributed by atoms with van der Waals surface area (Å²) < 4.78 is 5.24. The van der Waals surface area contributed by atoms with Crippen LogP contribution < -0.4 is 5.32 Å². The molecule has 2 amide bonds. The van der Waals surface area contributed by atoms with E-state index < -0.39 is 17.9 Å². The molecule has 0 aromatic carbocycles. The summed E-state index contributed by atoms with van der Waals surface area (Å²) in [6.45, 7) is 5.60. The van der Waals surface area contributed by atoms with Crippen molar-refractivity contribution < 1.29 is 19.4 Å². The number of urea groups is 1. The third kappa shape index (κ3) is 5.17. The normalized spacial score (nSPS) is 23.1. The lowest BCUT2D eigenvalue weighted by atomic mass is 10.0. The van der Waals surface area contributed by atoms with E-state index in [4.69, 9.17) is 4.74 Å². The Bertz CT molecular complexity index is 362. The summed E-state index contributed by atoms with van der Waals surface area (Å²) in [4.78, 5) is 27.2. The van der Waals surface area contributed by atoms with Gasteiger partial charge in [-0.2, -0.15) is 0 Å². The molecule has 1 heterocycles. The number of likely N-dealkylation sites (N-methyl/N-ethyl adjacent to an activating group) is 1. The van der Waals surface area contributed by atoms with E-state index in [1.54, 1.807) is 4.90 Å². The number of amides is 2. The van der Waals surface area contributed by atoms with Crippen molar-refractivity contribution in [3.8, 4) is 0 Å². The second kappa shape index (κ2) is 8.19. The molecule has 2 N–H and O–H groups in total. The second-order valence-corrected chi connectivity index (χ2v) is 5.78. The van der Waals surface area contributed by atoms with Gasteiger partial charge in [-0.05, 0) is 40.9 Å². The maximum absolute atomic E-state index is 12.3. The van der Waals surface area contributed by atoms with Crippen LogP contribution in [0, 0.1) is 5.92 Å². The van der Waals surface area contributed by atoms with Crippen molar-refractivity contribution in [3.05, 3.63) is 0 Å². The molecule has 3 atom stereocenters. The molecule has 1 rings (SSSR count). The van der Waals surface area contributed by atoms with E-state index in [1.807, 2.05) is 27.9 Å². The molecule has 3 unspecified atom stereocenters. The maximum Gasteiger partial charge on any atom is 0.317 e. The van der Waals surface area contributed by atoms with Crippen LogP contribution in [0.5, 0.6) is 0 Å². The van der Waals surface area contributed by atoms with Crippen molar-refractivity contribution >= 4 is 12.0 Å². The SMILES string of the molecule is CCN(C(=O)NC(C)CCN(C)C)C1COCC1C(=O)O. The van der Waals surface area contributed by atoms with E-state index in [2.05, 4.69) is 10.2 Å². The Morgan fingerprint density at radius 2 is 2.05 bits per heavy atom. The van der Waals surface area contributed by atoms with Crippen LogP contribution in [0.2, 0.25) is 0 Å². The number of hydrogen-bond donors (Lipinski definition) is 2. The summed E-state index contributed by atoms with van der Waals surface area (Å²) in [5.41, 5.74) is 0. The number of nitrogens with zero attached hydrogens (tertiary/aromatic N) is 2. The zero-order valence-corrected chi connectivity index (χ0v) is 13.3. The molecule has 1 saturated heterocycles. The fraction of sp³-hybridized carbons (Fsp3) is 0.857. The number of ether oxygens (including phenoxy) is 1. The molecule has 0 spiro atoms. The molecule has 0 bridgehead atoms. The highest BCUT2D eigenvalue weighted by Gasteiger charge is 2.39. The Labute approximate surface area is 126 Å². The molecule has 1 aliphatic rings. The van der Waals surface area contributed by atoms with Crippen molar-refractivity contribution in [1.82, 2.24) is 15.1 Å². The minimum Gasteiger partial charge on any atom is -0.481 e. The van der Waals surface area contributed by atoms with Crippen molar-refractivity contribution in [2.24, 2.45) is 5.92 Å². The molecule has 7 nitrogen and oxygen atoms in total. The Morgan fingerprint density at radius 1 is 1.38 bits per heavy atom.